The molecule has 0 aliphatic rings. The Balaban J connectivity index is 2.53. The van der Waals surface area contributed by atoms with Crippen molar-refractivity contribution in [3.05, 3.63) is 28.9 Å². The van der Waals surface area contributed by atoms with Crippen LogP contribution in [-0.2, 0) is 6.67 Å². The van der Waals surface area contributed by atoms with Crippen LogP contribution in [0.25, 0.3) is 11.3 Å². The summed E-state index contributed by atoms with van der Waals surface area (Å²) in [7, 11) is 1.30. The summed E-state index contributed by atoms with van der Waals surface area (Å²) >= 11 is 1.25. The van der Waals surface area contributed by atoms with E-state index in [4.69, 9.17) is 10.5 Å². The van der Waals surface area contributed by atoms with E-state index in [-0.39, 0.29) is 11.3 Å². The number of alkyl halides is 1. The van der Waals surface area contributed by atoms with E-state index in [0.29, 0.717) is 16.4 Å². The zero-order valence-electron chi connectivity index (χ0n) is 9.04. The summed E-state index contributed by atoms with van der Waals surface area (Å²) < 4.78 is 31.2. The molecular formula is C11H10F2N2OS. The molecule has 0 atom stereocenters. The smallest absolute Gasteiger partial charge is 0.180 e. The molecule has 1 aromatic heterocycles. The lowest BCUT2D eigenvalue weighted by atomic mass is 10.1. The van der Waals surface area contributed by atoms with Crippen LogP contribution in [0.4, 0.5) is 13.9 Å². The number of hydrogen-bond donors (Lipinski definition) is 1. The molecule has 0 saturated heterocycles. The van der Waals surface area contributed by atoms with Crippen LogP contribution < -0.4 is 10.5 Å². The van der Waals surface area contributed by atoms with Crippen molar-refractivity contribution >= 4 is 16.5 Å². The largest absolute Gasteiger partial charge is 0.493 e. The summed E-state index contributed by atoms with van der Waals surface area (Å²) in [5.41, 5.74) is 6.68. The van der Waals surface area contributed by atoms with Gasteiger partial charge in [-0.05, 0) is 12.1 Å². The van der Waals surface area contributed by atoms with Crippen molar-refractivity contribution in [1.82, 2.24) is 4.98 Å². The average molecular weight is 256 g/mol. The van der Waals surface area contributed by atoms with Gasteiger partial charge in [-0.15, -0.1) is 11.3 Å². The minimum atomic E-state index is -0.798. The highest BCUT2D eigenvalue weighted by Gasteiger charge is 2.13. The maximum absolute atomic E-state index is 13.6. The van der Waals surface area contributed by atoms with Crippen LogP contribution in [0.3, 0.4) is 0 Å². The van der Waals surface area contributed by atoms with Gasteiger partial charge in [0.15, 0.2) is 16.7 Å². The Morgan fingerprint density at radius 2 is 2.24 bits per heavy atom. The van der Waals surface area contributed by atoms with E-state index in [9.17, 15) is 8.78 Å². The molecule has 1 heterocycles. The van der Waals surface area contributed by atoms with Gasteiger partial charge in [0.05, 0.1) is 12.8 Å². The number of nitrogen functional groups attached to an aromatic ring is 1. The molecule has 0 amide bonds. The Hall–Kier alpha value is -1.69. The number of anilines is 1. The Bertz CT molecular complexity index is 542. The van der Waals surface area contributed by atoms with Crippen molar-refractivity contribution in [3.8, 4) is 17.0 Å². The molecule has 0 fully saturated rings. The normalized spacial score (nSPS) is 10.5. The number of thiazole rings is 1. The summed E-state index contributed by atoms with van der Waals surface area (Å²) in [4.78, 5) is 4.02. The van der Waals surface area contributed by atoms with Gasteiger partial charge in [-0.25, -0.2) is 13.8 Å². The number of benzene rings is 1. The van der Waals surface area contributed by atoms with Crippen molar-refractivity contribution in [2.24, 2.45) is 0 Å². The van der Waals surface area contributed by atoms with Crippen molar-refractivity contribution in [1.29, 1.82) is 0 Å². The number of nitrogens with two attached hydrogens (primary N) is 1. The van der Waals surface area contributed by atoms with Gasteiger partial charge in [0.2, 0.25) is 0 Å². The number of ether oxygens (including phenoxy) is 1. The van der Waals surface area contributed by atoms with Crippen LogP contribution in [0, 0.1) is 5.82 Å². The van der Waals surface area contributed by atoms with Crippen molar-refractivity contribution in [2.75, 3.05) is 12.8 Å². The molecule has 1 aromatic carbocycles. The molecule has 17 heavy (non-hydrogen) atoms. The quantitative estimate of drug-likeness (QED) is 0.918. The molecule has 6 heteroatoms. The minimum absolute atomic E-state index is 0.0700. The Labute approximate surface area is 101 Å². The topological polar surface area (TPSA) is 48.1 Å². The third-order valence-electron chi connectivity index (χ3n) is 2.29. The standard InChI is InChI=1S/C11H10F2N2OS/c1-16-10-7(4-12)2-6(3-8(10)13)9-5-17-11(14)15-9/h2-3,5H,4H2,1H3,(H2,14,15). The molecule has 3 nitrogen and oxygen atoms in total. The summed E-state index contributed by atoms with van der Waals surface area (Å²) in [5.74, 6) is -0.677. The number of hydrogen-bond acceptors (Lipinski definition) is 4. The van der Waals surface area contributed by atoms with Crippen LogP contribution in [0.1, 0.15) is 5.56 Å². The fraction of sp³-hybridized carbons (Fsp3) is 0.182. The van der Waals surface area contributed by atoms with E-state index in [2.05, 4.69) is 4.98 Å². The zero-order chi connectivity index (χ0) is 12.4. The second-order valence-electron chi connectivity index (χ2n) is 3.36. The van der Waals surface area contributed by atoms with Gasteiger partial charge < -0.3 is 10.5 Å². The van der Waals surface area contributed by atoms with Crippen LogP contribution in [-0.4, -0.2) is 12.1 Å². The SMILES string of the molecule is COc1c(F)cc(-c2csc(N)n2)cc1CF. The van der Waals surface area contributed by atoms with Crippen LogP contribution in [0.5, 0.6) is 5.75 Å². The van der Waals surface area contributed by atoms with Gasteiger partial charge >= 0.3 is 0 Å². The van der Waals surface area contributed by atoms with Crippen LogP contribution in [0.15, 0.2) is 17.5 Å². The molecule has 0 unspecified atom stereocenters. The molecule has 0 spiro atoms. The van der Waals surface area contributed by atoms with E-state index in [1.807, 2.05) is 0 Å². The van der Waals surface area contributed by atoms with Gasteiger partial charge in [-0.2, -0.15) is 0 Å². The molecule has 90 valence electrons. The monoisotopic (exact) mass is 256 g/mol. The maximum Gasteiger partial charge on any atom is 0.180 e. The highest BCUT2D eigenvalue weighted by molar-refractivity contribution is 7.13. The lowest BCUT2D eigenvalue weighted by molar-refractivity contribution is 0.369. The fourth-order valence-electron chi connectivity index (χ4n) is 1.55. The highest BCUT2D eigenvalue weighted by Crippen LogP contribution is 2.31. The van der Waals surface area contributed by atoms with E-state index in [1.54, 1.807) is 5.38 Å². The van der Waals surface area contributed by atoms with Crippen molar-refractivity contribution in [3.63, 3.8) is 0 Å². The first-order chi connectivity index (χ1) is 8.15. The lowest BCUT2D eigenvalue weighted by Gasteiger charge is -2.08. The first-order valence-electron chi connectivity index (χ1n) is 4.79. The number of methoxy groups -OCH3 is 1. The van der Waals surface area contributed by atoms with Crippen LogP contribution >= 0.6 is 11.3 Å². The molecule has 0 aliphatic heterocycles. The second-order valence-corrected chi connectivity index (χ2v) is 4.24. The van der Waals surface area contributed by atoms with Gasteiger partial charge in [-0.3, -0.25) is 0 Å². The Morgan fingerprint density at radius 3 is 2.76 bits per heavy atom. The molecule has 0 bridgehead atoms. The van der Waals surface area contributed by atoms with Gasteiger partial charge in [0, 0.05) is 16.5 Å². The average Bonchev–Trinajstić information content (AvgIpc) is 2.74. The van der Waals surface area contributed by atoms with Gasteiger partial charge in [0.1, 0.15) is 6.67 Å². The van der Waals surface area contributed by atoms with E-state index >= 15 is 0 Å². The van der Waals surface area contributed by atoms with Crippen LogP contribution in [0.2, 0.25) is 0 Å². The maximum atomic E-state index is 13.6. The molecular weight excluding hydrogens is 246 g/mol. The first-order valence-corrected chi connectivity index (χ1v) is 5.67. The Kier molecular flexibility index (Phi) is 3.23. The fourth-order valence-corrected chi connectivity index (χ4v) is 2.12. The number of aromatic nitrogens is 1. The third-order valence-corrected chi connectivity index (χ3v) is 2.96. The number of halogens is 2. The summed E-state index contributed by atoms with van der Waals surface area (Å²) in [6, 6.07) is 2.77. The molecule has 0 aliphatic carbocycles. The third kappa shape index (κ3) is 2.21. The van der Waals surface area contributed by atoms with Gasteiger partial charge in [0.25, 0.3) is 0 Å². The number of rotatable bonds is 3. The molecule has 0 radical (unpaired) electrons. The molecule has 2 aromatic rings. The van der Waals surface area contributed by atoms with E-state index < -0.39 is 12.5 Å². The highest BCUT2D eigenvalue weighted by atomic mass is 32.1. The predicted octanol–water partition coefficient (Wildman–Crippen LogP) is 3.01. The zero-order valence-corrected chi connectivity index (χ0v) is 9.85. The Morgan fingerprint density at radius 1 is 1.47 bits per heavy atom. The van der Waals surface area contributed by atoms with E-state index in [1.165, 1.54) is 30.6 Å². The minimum Gasteiger partial charge on any atom is -0.493 e. The lowest BCUT2D eigenvalue weighted by Crippen LogP contribution is -1.95. The summed E-state index contributed by atoms with van der Waals surface area (Å²) in [6.07, 6.45) is 0. The van der Waals surface area contributed by atoms with Crippen molar-refractivity contribution < 1.29 is 13.5 Å². The molecule has 2 N–H and O–H groups in total. The first kappa shape index (κ1) is 11.8. The van der Waals surface area contributed by atoms with E-state index in [0.717, 1.165) is 0 Å². The molecule has 2 rings (SSSR count). The predicted molar refractivity (Wildman–Crippen MR) is 63.3 cm³/mol. The molecule has 0 saturated carbocycles. The van der Waals surface area contributed by atoms with Crippen molar-refractivity contribution in [2.45, 2.75) is 6.67 Å². The second kappa shape index (κ2) is 4.67. The summed E-state index contributed by atoms with van der Waals surface area (Å²) in [6.45, 7) is -0.798. The van der Waals surface area contributed by atoms with Gasteiger partial charge in [-0.1, -0.05) is 0 Å². The summed E-state index contributed by atoms with van der Waals surface area (Å²) in [5, 5.41) is 2.08. The number of nitrogens with zero attached hydrogens (tertiary/aromatic N) is 1.